The summed E-state index contributed by atoms with van der Waals surface area (Å²) in [4.78, 5) is 13.6. The third kappa shape index (κ3) is 2.32. The number of hydrogen-bond donors (Lipinski definition) is 1. The molecular weight excluding hydrogens is 224 g/mol. The van der Waals surface area contributed by atoms with Crippen molar-refractivity contribution in [3.63, 3.8) is 0 Å². The maximum atomic E-state index is 4.60. The first-order valence-corrected chi connectivity index (χ1v) is 6.15. The highest BCUT2D eigenvalue weighted by Gasteiger charge is 2.11. The summed E-state index contributed by atoms with van der Waals surface area (Å²) in [7, 11) is 1.88. The Morgan fingerprint density at radius 2 is 1.89 bits per heavy atom. The smallest absolute Gasteiger partial charge is 0.180 e. The van der Waals surface area contributed by atoms with Crippen molar-refractivity contribution in [3.05, 3.63) is 35.2 Å². The van der Waals surface area contributed by atoms with Crippen molar-refractivity contribution < 1.29 is 0 Å². The molecule has 0 saturated carbocycles. The molecule has 0 saturated heterocycles. The monoisotopic (exact) mass is 242 g/mol. The van der Waals surface area contributed by atoms with E-state index in [-0.39, 0.29) is 0 Å². The summed E-state index contributed by atoms with van der Waals surface area (Å²) in [5.41, 5.74) is 3.96. The molecule has 0 fully saturated rings. The van der Waals surface area contributed by atoms with Crippen LogP contribution in [0.4, 0.5) is 5.82 Å². The van der Waals surface area contributed by atoms with Crippen LogP contribution in [0.5, 0.6) is 0 Å². The maximum Gasteiger partial charge on any atom is 0.180 e. The number of hydrogen-bond acceptors (Lipinski definition) is 4. The van der Waals surface area contributed by atoms with Gasteiger partial charge >= 0.3 is 0 Å². The lowest BCUT2D eigenvalue weighted by molar-refractivity contribution is 0.969. The fourth-order valence-electron chi connectivity index (χ4n) is 1.93. The molecule has 4 heteroatoms. The van der Waals surface area contributed by atoms with Gasteiger partial charge in [-0.15, -0.1) is 0 Å². The summed E-state index contributed by atoms with van der Waals surface area (Å²) in [6.45, 7) is 6.11. The molecule has 0 aliphatic carbocycles. The first kappa shape index (κ1) is 12.5. The van der Waals surface area contributed by atoms with Gasteiger partial charge in [-0.2, -0.15) is 0 Å². The van der Waals surface area contributed by atoms with Gasteiger partial charge in [-0.1, -0.05) is 13.0 Å². The first-order valence-electron chi connectivity index (χ1n) is 6.15. The molecule has 0 unspecified atom stereocenters. The molecule has 2 heterocycles. The molecule has 0 spiro atoms. The van der Waals surface area contributed by atoms with Crippen molar-refractivity contribution in [2.24, 2.45) is 0 Å². The molecule has 0 aliphatic rings. The van der Waals surface area contributed by atoms with Gasteiger partial charge in [-0.3, -0.25) is 0 Å². The Morgan fingerprint density at radius 1 is 1.11 bits per heavy atom. The van der Waals surface area contributed by atoms with Gasteiger partial charge in [0.2, 0.25) is 0 Å². The van der Waals surface area contributed by atoms with Gasteiger partial charge in [0, 0.05) is 24.0 Å². The van der Waals surface area contributed by atoms with E-state index in [1.807, 2.05) is 39.1 Å². The van der Waals surface area contributed by atoms with Crippen molar-refractivity contribution in [1.82, 2.24) is 15.0 Å². The fourth-order valence-corrected chi connectivity index (χ4v) is 1.93. The highest BCUT2D eigenvalue weighted by molar-refractivity contribution is 5.56. The normalized spacial score (nSPS) is 10.4. The van der Waals surface area contributed by atoms with Crippen molar-refractivity contribution in [1.29, 1.82) is 0 Å². The van der Waals surface area contributed by atoms with Crippen LogP contribution < -0.4 is 5.32 Å². The summed E-state index contributed by atoms with van der Waals surface area (Å²) >= 11 is 0. The molecule has 18 heavy (non-hydrogen) atoms. The molecule has 0 amide bonds. The summed E-state index contributed by atoms with van der Waals surface area (Å²) in [5, 5.41) is 3.12. The zero-order valence-electron chi connectivity index (χ0n) is 11.3. The number of nitrogens with one attached hydrogen (secondary N) is 1. The van der Waals surface area contributed by atoms with Crippen LogP contribution in [0, 0.1) is 13.8 Å². The first-order chi connectivity index (χ1) is 8.65. The molecule has 0 aromatic carbocycles. The zero-order valence-corrected chi connectivity index (χ0v) is 11.3. The van der Waals surface area contributed by atoms with Crippen molar-refractivity contribution in [3.8, 4) is 11.5 Å². The average molecular weight is 242 g/mol. The molecule has 0 bridgehead atoms. The molecule has 0 atom stereocenters. The Bertz CT molecular complexity index is 538. The Kier molecular flexibility index (Phi) is 3.55. The van der Waals surface area contributed by atoms with Gasteiger partial charge < -0.3 is 5.32 Å². The third-order valence-electron chi connectivity index (χ3n) is 2.94. The number of aromatic nitrogens is 3. The second-order valence-corrected chi connectivity index (χ2v) is 4.24. The Balaban J connectivity index is 2.58. The lowest BCUT2D eigenvalue weighted by Crippen LogP contribution is -2.05. The van der Waals surface area contributed by atoms with E-state index >= 15 is 0 Å². The van der Waals surface area contributed by atoms with Crippen LogP contribution in [0.2, 0.25) is 0 Å². The predicted molar refractivity (Wildman–Crippen MR) is 73.7 cm³/mol. The van der Waals surface area contributed by atoms with E-state index in [0.717, 1.165) is 34.9 Å². The van der Waals surface area contributed by atoms with Gasteiger partial charge in [0.25, 0.3) is 0 Å². The van der Waals surface area contributed by atoms with Crippen molar-refractivity contribution >= 4 is 5.82 Å². The molecule has 0 radical (unpaired) electrons. The minimum atomic E-state index is 0.686. The van der Waals surface area contributed by atoms with Crippen LogP contribution in [0.15, 0.2) is 18.2 Å². The van der Waals surface area contributed by atoms with Gasteiger partial charge in [-0.25, -0.2) is 15.0 Å². The van der Waals surface area contributed by atoms with E-state index in [0.29, 0.717) is 5.82 Å². The zero-order chi connectivity index (χ0) is 13.1. The van der Waals surface area contributed by atoms with E-state index in [9.17, 15) is 0 Å². The number of aryl methyl sites for hydroxylation is 2. The molecule has 1 N–H and O–H groups in total. The van der Waals surface area contributed by atoms with Crippen LogP contribution in [-0.2, 0) is 6.42 Å². The SMILES string of the molecule is CCc1nc(-c2cccc(C)n2)nc(NC)c1C. The van der Waals surface area contributed by atoms with Crippen LogP contribution in [-0.4, -0.2) is 22.0 Å². The lowest BCUT2D eigenvalue weighted by atomic mass is 10.2. The molecular formula is C14H18N4. The summed E-state index contributed by atoms with van der Waals surface area (Å²) in [6.07, 6.45) is 0.891. The summed E-state index contributed by atoms with van der Waals surface area (Å²) < 4.78 is 0. The van der Waals surface area contributed by atoms with Gasteiger partial charge in [0.15, 0.2) is 5.82 Å². The number of nitrogens with zero attached hydrogens (tertiary/aromatic N) is 3. The second-order valence-electron chi connectivity index (χ2n) is 4.24. The van der Waals surface area contributed by atoms with Crippen LogP contribution in [0.25, 0.3) is 11.5 Å². The van der Waals surface area contributed by atoms with E-state index < -0.39 is 0 Å². The molecule has 4 nitrogen and oxygen atoms in total. The quantitative estimate of drug-likeness (QED) is 0.899. The molecule has 0 aliphatic heterocycles. The fraction of sp³-hybridized carbons (Fsp3) is 0.357. The predicted octanol–water partition coefficient (Wildman–Crippen LogP) is 2.76. The van der Waals surface area contributed by atoms with E-state index in [4.69, 9.17) is 0 Å². The molecule has 2 aromatic rings. The highest BCUT2D eigenvalue weighted by Crippen LogP contribution is 2.20. The van der Waals surface area contributed by atoms with Crippen LogP contribution in [0.1, 0.15) is 23.9 Å². The summed E-state index contributed by atoms with van der Waals surface area (Å²) in [5.74, 6) is 1.56. The number of anilines is 1. The van der Waals surface area contributed by atoms with Gasteiger partial charge in [0.05, 0.1) is 0 Å². The maximum absolute atomic E-state index is 4.60. The largest absolute Gasteiger partial charge is 0.373 e. The average Bonchev–Trinajstić information content (AvgIpc) is 2.39. The topological polar surface area (TPSA) is 50.7 Å². The Labute approximate surface area is 108 Å². The van der Waals surface area contributed by atoms with Gasteiger partial charge in [0.1, 0.15) is 11.5 Å². The van der Waals surface area contributed by atoms with Crippen molar-refractivity contribution in [2.75, 3.05) is 12.4 Å². The van der Waals surface area contributed by atoms with E-state index in [2.05, 4.69) is 27.2 Å². The van der Waals surface area contributed by atoms with Crippen molar-refractivity contribution in [2.45, 2.75) is 27.2 Å². The second kappa shape index (κ2) is 5.12. The van der Waals surface area contributed by atoms with Crippen LogP contribution in [0.3, 0.4) is 0 Å². The molecule has 2 rings (SSSR count). The van der Waals surface area contributed by atoms with Crippen LogP contribution >= 0.6 is 0 Å². The lowest BCUT2D eigenvalue weighted by Gasteiger charge is -2.11. The molecule has 2 aromatic heterocycles. The minimum Gasteiger partial charge on any atom is -0.373 e. The number of rotatable bonds is 3. The van der Waals surface area contributed by atoms with E-state index in [1.165, 1.54) is 0 Å². The summed E-state index contributed by atoms with van der Waals surface area (Å²) in [6, 6.07) is 5.89. The third-order valence-corrected chi connectivity index (χ3v) is 2.94. The van der Waals surface area contributed by atoms with Gasteiger partial charge in [-0.05, 0) is 32.4 Å². The standard InChI is InChI=1S/C14H18N4/c1-5-11-10(3)13(15-4)18-14(17-11)12-8-6-7-9(2)16-12/h6-8H,5H2,1-4H3,(H,15,17,18). The minimum absolute atomic E-state index is 0.686. The number of pyridine rings is 1. The van der Waals surface area contributed by atoms with E-state index in [1.54, 1.807) is 0 Å². The Hall–Kier alpha value is -1.97. The Morgan fingerprint density at radius 3 is 2.50 bits per heavy atom. The highest BCUT2D eigenvalue weighted by atomic mass is 15.0. The molecule has 94 valence electrons.